The number of hydrogen-bond donors (Lipinski definition) is 0. The lowest BCUT2D eigenvalue weighted by Crippen LogP contribution is -2.30. The number of carbonyl (C=O) groups is 1. The second kappa shape index (κ2) is 6.39. The molecule has 0 N–H and O–H groups in total. The van der Waals surface area contributed by atoms with Crippen molar-refractivity contribution in [2.24, 2.45) is 5.92 Å². The topological polar surface area (TPSA) is 33.2 Å². The van der Waals surface area contributed by atoms with E-state index < -0.39 is 0 Å². The van der Waals surface area contributed by atoms with Crippen LogP contribution in [0.2, 0.25) is 0 Å². The van der Waals surface area contributed by atoms with Gasteiger partial charge < -0.3 is 4.90 Å². The fraction of sp³-hybridized carbons (Fsp3) is 0.538. The lowest BCUT2D eigenvalue weighted by molar-refractivity contribution is 0.0782. The normalized spacial score (nSPS) is 18.9. The second-order valence-electron chi connectivity index (χ2n) is 4.74. The molecule has 0 spiro atoms. The molecule has 2 heterocycles. The van der Waals surface area contributed by atoms with E-state index in [2.05, 4.69) is 4.98 Å². The lowest BCUT2D eigenvalue weighted by atomic mass is 9.99. The molecule has 5 heteroatoms. The molecule has 1 atom stereocenters. The second-order valence-corrected chi connectivity index (χ2v) is 5.12. The summed E-state index contributed by atoms with van der Waals surface area (Å²) in [6.07, 6.45) is 3.60. The van der Waals surface area contributed by atoms with Crippen molar-refractivity contribution in [1.29, 1.82) is 0 Å². The molecule has 0 aromatic carbocycles. The van der Waals surface area contributed by atoms with E-state index in [9.17, 15) is 4.79 Å². The first-order chi connectivity index (χ1) is 8.11. The minimum Gasteiger partial charge on any atom is -0.341 e. The summed E-state index contributed by atoms with van der Waals surface area (Å²) in [6.45, 7) is 2.72. The monoisotopic (exact) mass is 288 g/mol. The minimum atomic E-state index is 0. The molecule has 1 aliphatic rings. The van der Waals surface area contributed by atoms with Gasteiger partial charge in [0, 0.05) is 25.7 Å². The molecule has 1 unspecified atom stereocenters. The Hall–Kier alpha value is -0.800. The largest absolute Gasteiger partial charge is 0.341 e. The van der Waals surface area contributed by atoms with Crippen molar-refractivity contribution >= 4 is 29.9 Å². The van der Waals surface area contributed by atoms with Crippen molar-refractivity contribution in [1.82, 2.24) is 9.88 Å². The highest BCUT2D eigenvalue weighted by molar-refractivity contribution is 6.17. The quantitative estimate of drug-likeness (QED) is 0.784. The van der Waals surface area contributed by atoms with Crippen LogP contribution in [0.4, 0.5) is 0 Å². The zero-order valence-corrected chi connectivity index (χ0v) is 12.2. The number of alkyl halides is 1. The summed E-state index contributed by atoms with van der Waals surface area (Å²) in [7, 11) is 1.85. The predicted octanol–water partition coefficient (Wildman–Crippen LogP) is 2.69. The van der Waals surface area contributed by atoms with Crippen LogP contribution in [-0.4, -0.2) is 35.3 Å². The van der Waals surface area contributed by atoms with E-state index in [-0.39, 0.29) is 18.3 Å². The number of halogens is 2. The summed E-state index contributed by atoms with van der Waals surface area (Å²) in [6, 6.07) is 1.93. The molecule has 100 valence electrons. The average Bonchev–Trinajstić information content (AvgIpc) is 2.40. The van der Waals surface area contributed by atoms with E-state index in [1.54, 1.807) is 4.90 Å². The Labute approximate surface area is 119 Å². The van der Waals surface area contributed by atoms with Crippen molar-refractivity contribution in [3.05, 3.63) is 29.1 Å². The number of fused-ring (bicyclic) bond motifs is 1. The average molecular weight is 289 g/mol. The zero-order chi connectivity index (χ0) is 12.4. The third kappa shape index (κ3) is 3.15. The summed E-state index contributed by atoms with van der Waals surface area (Å²) in [5.41, 5.74) is 2.70. The Morgan fingerprint density at radius 1 is 1.56 bits per heavy atom. The Kier molecular flexibility index (Phi) is 5.42. The van der Waals surface area contributed by atoms with Gasteiger partial charge in [-0.05, 0) is 37.3 Å². The first kappa shape index (κ1) is 15.3. The Morgan fingerprint density at radius 2 is 2.28 bits per heavy atom. The number of rotatable bonds is 2. The molecule has 3 nitrogen and oxygen atoms in total. The van der Waals surface area contributed by atoms with Gasteiger partial charge >= 0.3 is 0 Å². The van der Waals surface area contributed by atoms with Crippen LogP contribution in [-0.2, 0) is 6.42 Å². The summed E-state index contributed by atoms with van der Waals surface area (Å²) in [5, 5.41) is 0. The number of carbonyl (C=O) groups excluding carboxylic acids is 1. The molecular formula is C13H18Cl2N2O. The van der Waals surface area contributed by atoms with Crippen LogP contribution in [0.5, 0.6) is 0 Å². The Morgan fingerprint density at radius 3 is 2.94 bits per heavy atom. The Bertz CT molecular complexity index is 437. The maximum atomic E-state index is 12.2. The van der Waals surface area contributed by atoms with Crippen molar-refractivity contribution < 1.29 is 4.79 Å². The third-order valence-corrected chi connectivity index (χ3v) is 3.43. The smallest absolute Gasteiger partial charge is 0.255 e. The van der Waals surface area contributed by atoms with E-state index in [0.29, 0.717) is 11.8 Å². The van der Waals surface area contributed by atoms with Gasteiger partial charge in [0.25, 0.3) is 5.91 Å². The van der Waals surface area contributed by atoms with Crippen LogP contribution in [0.1, 0.15) is 28.0 Å². The number of hydrogen-bond acceptors (Lipinski definition) is 2. The van der Waals surface area contributed by atoms with Crippen molar-refractivity contribution in [3.8, 4) is 0 Å². The van der Waals surface area contributed by atoms with Gasteiger partial charge in [-0.2, -0.15) is 0 Å². The van der Waals surface area contributed by atoms with Crippen molar-refractivity contribution in [2.45, 2.75) is 19.8 Å². The summed E-state index contributed by atoms with van der Waals surface area (Å²) in [5.74, 6) is 1.12. The molecule has 18 heavy (non-hydrogen) atoms. The molecule has 0 saturated heterocycles. The molecule has 0 saturated carbocycles. The standard InChI is InChI=1S/C13H17ClN2O.ClH/c1-9-5-11-12(15-7-9)6-10(3-4-14)8-16(2)13(11)17;/h5,7,10H,3-4,6,8H2,1-2H3;1H. The van der Waals surface area contributed by atoms with Crippen LogP contribution < -0.4 is 0 Å². The first-order valence-electron chi connectivity index (χ1n) is 5.88. The zero-order valence-electron chi connectivity index (χ0n) is 10.6. The van der Waals surface area contributed by atoms with Gasteiger partial charge in [-0.15, -0.1) is 24.0 Å². The van der Waals surface area contributed by atoms with Gasteiger partial charge in [-0.3, -0.25) is 9.78 Å². The van der Waals surface area contributed by atoms with Crippen LogP contribution in [0, 0.1) is 12.8 Å². The van der Waals surface area contributed by atoms with Gasteiger partial charge in [0.1, 0.15) is 0 Å². The number of aromatic nitrogens is 1. The van der Waals surface area contributed by atoms with E-state index >= 15 is 0 Å². The van der Waals surface area contributed by atoms with E-state index in [0.717, 1.165) is 36.2 Å². The molecule has 0 fully saturated rings. The summed E-state index contributed by atoms with van der Waals surface area (Å²) >= 11 is 5.80. The fourth-order valence-electron chi connectivity index (χ4n) is 2.31. The molecule has 1 aromatic heterocycles. The van der Waals surface area contributed by atoms with Gasteiger partial charge in [0.2, 0.25) is 0 Å². The van der Waals surface area contributed by atoms with Gasteiger partial charge in [0.05, 0.1) is 11.3 Å². The van der Waals surface area contributed by atoms with Gasteiger partial charge in [-0.25, -0.2) is 0 Å². The Balaban J connectivity index is 0.00000162. The molecule has 2 rings (SSSR count). The van der Waals surface area contributed by atoms with Crippen molar-refractivity contribution in [2.75, 3.05) is 19.5 Å². The first-order valence-corrected chi connectivity index (χ1v) is 6.42. The van der Waals surface area contributed by atoms with Gasteiger partial charge in [0.15, 0.2) is 0 Å². The van der Waals surface area contributed by atoms with E-state index in [1.807, 2.05) is 26.2 Å². The fourth-order valence-corrected chi connectivity index (χ4v) is 2.62. The number of amides is 1. The van der Waals surface area contributed by atoms with Crippen molar-refractivity contribution in [3.63, 3.8) is 0 Å². The molecule has 1 amide bonds. The number of nitrogens with zero attached hydrogens (tertiary/aromatic N) is 2. The molecule has 1 aromatic rings. The van der Waals surface area contributed by atoms with Crippen LogP contribution in [0.25, 0.3) is 0 Å². The molecule has 1 aliphatic heterocycles. The lowest BCUT2D eigenvalue weighted by Gasteiger charge is -2.19. The summed E-state index contributed by atoms with van der Waals surface area (Å²) in [4.78, 5) is 18.4. The summed E-state index contributed by atoms with van der Waals surface area (Å²) < 4.78 is 0. The minimum absolute atomic E-state index is 0. The maximum Gasteiger partial charge on any atom is 0.255 e. The van der Waals surface area contributed by atoms with Crippen LogP contribution in [0.3, 0.4) is 0 Å². The molecule has 0 radical (unpaired) electrons. The number of pyridine rings is 1. The predicted molar refractivity (Wildman–Crippen MR) is 75.7 cm³/mol. The van der Waals surface area contributed by atoms with Gasteiger partial charge in [-0.1, -0.05) is 0 Å². The maximum absolute atomic E-state index is 12.2. The number of aryl methyl sites for hydroxylation is 1. The highest BCUT2D eigenvalue weighted by Crippen LogP contribution is 2.22. The SMILES string of the molecule is Cc1cnc2c(c1)C(=O)N(C)CC(CCCl)C2.Cl. The van der Waals surface area contributed by atoms with Crippen LogP contribution >= 0.6 is 24.0 Å². The van der Waals surface area contributed by atoms with E-state index in [4.69, 9.17) is 11.6 Å². The third-order valence-electron chi connectivity index (χ3n) is 3.22. The molecule has 0 bridgehead atoms. The highest BCUT2D eigenvalue weighted by atomic mass is 35.5. The molecular weight excluding hydrogens is 271 g/mol. The molecule has 0 aliphatic carbocycles. The van der Waals surface area contributed by atoms with Crippen LogP contribution in [0.15, 0.2) is 12.3 Å². The highest BCUT2D eigenvalue weighted by Gasteiger charge is 2.26. The van der Waals surface area contributed by atoms with E-state index in [1.165, 1.54) is 0 Å².